The van der Waals surface area contributed by atoms with Crippen LogP contribution in [0.25, 0.3) is 0 Å². The number of nitrogens with zero attached hydrogens (tertiary/aromatic N) is 1. The Bertz CT molecular complexity index is 1000. The molecule has 1 N–H and O–H groups in total. The third-order valence-electron chi connectivity index (χ3n) is 9.24. The second-order valence-corrected chi connectivity index (χ2v) is 13.7. The van der Waals surface area contributed by atoms with E-state index in [1.807, 2.05) is 18.2 Å². The lowest BCUT2D eigenvalue weighted by atomic mass is 9.79. The fourth-order valence-corrected chi connectivity index (χ4v) is 8.52. The van der Waals surface area contributed by atoms with Crippen LogP contribution in [0.3, 0.4) is 0 Å². The fourth-order valence-electron chi connectivity index (χ4n) is 7.14. The van der Waals surface area contributed by atoms with E-state index < -0.39 is 15.9 Å². The number of methoxy groups -OCH3 is 1. The van der Waals surface area contributed by atoms with Crippen molar-refractivity contribution >= 4 is 15.7 Å². The van der Waals surface area contributed by atoms with Crippen molar-refractivity contribution in [3.05, 3.63) is 29.8 Å². The molecule has 1 heterocycles. The molecule has 196 valence electrons. The van der Waals surface area contributed by atoms with Gasteiger partial charge in [-0.1, -0.05) is 19.1 Å². The molecule has 1 aromatic carbocycles. The van der Waals surface area contributed by atoms with Crippen LogP contribution < -0.4 is 4.72 Å². The fraction of sp³-hybridized carbons (Fsp3) is 0.778. The molecule has 2 unspecified atom stereocenters. The van der Waals surface area contributed by atoms with Gasteiger partial charge >= 0.3 is 0 Å². The molecule has 4 fully saturated rings. The summed E-state index contributed by atoms with van der Waals surface area (Å²) in [6.07, 6.45) is 5.28. The van der Waals surface area contributed by atoms with Gasteiger partial charge in [0.15, 0.2) is 0 Å². The van der Waals surface area contributed by atoms with Crippen molar-refractivity contribution in [2.75, 3.05) is 31.5 Å². The molecule has 1 aliphatic heterocycles. The summed E-state index contributed by atoms with van der Waals surface area (Å²) in [6.45, 7) is 5.46. The summed E-state index contributed by atoms with van der Waals surface area (Å²) in [5.41, 5.74) is 1.54. The molecular formula is C27H40F2N2O3S. The molecule has 1 aromatic rings. The molecule has 0 radical (unpaired) electrons. The van der Waals surface area contributed by atoms with E-state index in [0.29, 0.717) is 42.2 Å². The Morgan fingerprint density at radius 2 is 1.89 bits per heavy atom. The van der Waals surface area contributed by atoms with Gasteiger partial charge in [0.05, 0.1) is 10.9 Å². The molecule has 8 heteroatoms. The summed E-state index contributed by atoms with van der Waals surface area (Å²) in [5.74, 6) is -0.296. The van der Waals surface area contributed by atoms with Gasteiger partial charge in [-0.25, -0.2) is 17.2 Å². The largest absolute Gasteiger partial charge is 0.378 e. The lowest BCUT2D eigenvalue weighted by Gasteiger charge is -2.39. The number of benzene rings is 1. The second-order valence-electron chi connectivity index (χ2n) is 11.7. The summed E-state index contributed by atoms with van der Waals surface area (Å²) in [6, 6.07) is 8.04. The van der Waals surface area contributed by atoms with Gasteiger partial charge in [-0.2, -0.15) is 0 Å². The van der Waals surface area contributed by atoms with E-state index >= 15 is 0 Å². The van der Waals surface area contributed by atoms with Crippen molar-refractivity contribution in [3.8, 4) is 0 Å². The molecule has 0 spiro atoms. The number of alkyl halides is 2. The summed E-state index contributed by atoms with van der Waals surface area (Å²) >= 11 is 0. The van der Waals surface area contributed by atoms with Crippen molar-refractivity contribution in [2.45, 2.75) is 87.4 Å². The number of ether oxygens (including phenoxy) is 1. The average Bonchev–Trinajstić information content (AvgIpc) is 3.54. The number of halogens is 2. The van der Waals surface area contributed by atoms with Gasteiger partial charge in [0.2, 0.25) is 15.9 Å². The second kappa shape index (κ2) is 9.56. The molecule has 5 nitrogen and oxygen atoms in total. The lowest BCUT2D eigenvalue weighted by molar-refractivity contribution is -0.122. The molecule has 0 amide bonds. The maximum atomic E-state index is 13.6. The Morgan fingerprint density at radius 1 is 1.14 bits per heavy atom. The van der Waals surface area contributed by atoms with Crippen molar-refractivity contribution in [1.82, 2.24) is 4.90 Å². The molecule has 3 aliphatic carbocycles. The van der Waals surface area contributed by atoms with Gasteiger partial charge < -0.3 is 9.64 Å². The van der Waals surface area contributed by atoms with Crippen molar-refractivity contribution in [2.24, 2.45) is 17.8 Å². The molecule has 3 saturated carbocycles. The van der Waals surface area contributed by atoms with Crippen molar-refractivity contribution in [3.63, 3.8) is 0 Å². The highest BCUT2D eigenvalue weighted by Gasteiger charge is 2.47. The van der Waals surface area contributed by atoms with Crippen LogP contribution in [0, 0.1) is 17.8 Å². The molecule has 4 aliphatic rings. The summed E-state index contributed by atoms with van der Waals surface area (Å²) in [7, 11) is -1.59. The minimum absolute atomic E-state index is 0.0653. The predicted octanol–water partition coefficient (Wildman–Crippen LogP) is 5.64. The lowest BCUT2D eigenvalue weighted by Crippen LogP contribution is -2.40. The monoisotopic (exact) mass is 510 g/mol. The van der Waals surface area contributed by atoms with Crippen molar-refractivity contribution < 1.29 is 21.9 Å². The van der Waals surface area contributed by atoms with E-state index in [2.05, 4.69) is 22.6 Å². The summed E-state index contributed by atoms with van der Waals surface area (Å²) in [5, 5.41) is -0.230. The highest BCUT2D eigenvalue weighted by molar-refractivity contribution is 7.93. The Labute approximate surface area is 209 Å². The molecule has 5 rings (SSSR count). The van der Waals surface area contributed by atoms with E-state index in [1.165, 1.54) is 12.0 Å². The maximum absolute atomic E-state index is 13.6. The van der Waals surface area contributed by atoms with Crippen LogP contribution in [0.4, 0.5) is 14.5 Å². The van der Waals surface area contributed by atoms with Gasteiger partial charge in [0.1, 0.15) is 0 Å². The normalized spacial score (nSPS) is 32.5. The zero-order valence-corrected chi connectivity index (χ0v) is 21.8. The summed E-state index contributed by atoms with van der Waals surface area (Å²) < 4.78 is 60.7. The summed E-state index contributed by atoms with van der Waals surface area (Å²) in [4.78, 5) is 2.55. The first-order chi connectivity index (χ1) is 16.6. The van der Waals surface area contributed by atoms with Gasteiger partial charge in [0, 0.05) is 38.7 Å². The Morgan fingerprint density at radius 3 is 2.57 bits per heavy atom. The molecule has 0 bridgehead atoms. The quantitative estimate of drug-likeness (QED) is 0.467. The van der Waals surface area contributed by atoms with Crippen LogP contribution in [0.2, 0.25) is 0 Å². The SMILES string of the molecule is COC1(CCCN2C[C@@H]3CC(C)C(c4cccc(NS(=O)(=O)C5CC5)c4)[C@@H]3C2)CCC(F)(F)CC1. The Kier molecular flexibility index (Phi) is 6.94. The van der Waals surface area contributed by atoms with Crippen LogP contribution in [-0.2, 0) is 14.8 Å². The Balaban J connectivity index is 1.18. The first-order valence-electron chi connectivity index (χ1n) is 13.4. The number of likely N-dealkylation sites (tertiary alicyclic amines) is 1. The number of anilines is 1. The van der Waals surface area contributed by atoms with E-state index in [1.54, 1.807) is 7.11 Å². The van der Waals surface area contributed by atoms with E-state index in [9.17, 15) is 17.2 Å². The van der Waals surface area contributed by atoms with Crippen LogP contribution in [0.5, 0.6) is 0 Å². The number of hydrogen-bond donors (Lipinski definition) is 1. The third kappa shape index (κ3) is 5.54. The standard InChI is InChI=1S/C27H40F2N2O3S/c1-19-15-21-17-31(14-4-9-26(34-2)10-12-27(28,29)13-11-26)18-24(21)25(19)20-5-3-6-22(16-20)30-35(32,33)23-7-8-23/h3,5-6,16,19,21,23-25,30H,4,7-15,17-18H2,1-2H3/t19?,21-,24+,25?/m0/s1. The smallest absolute Gasteiger partial charge is 0.248 e. The highest BCUT2D eigenvalue weighted by atomic mass is 32.2. The minimum atomic E-state index is -3.26. The van der Waals surface area contributed by atoms with Gasteiger partial charge in [0.25, 0.3) is 0 Å². The number of rotatable bonds is 9. The van der Waals surface area contributed by atoms with Gasteiger partial charge in [-0.05, 0) is 92.9 Å². The maximum Gasteiger partial charge on any atom is 0.248 e. The van der Waals surface area contributed by atoms with E-state index in [0.717, 1.165) is 45.3 Å². The number of nitrogens with one attached hydrogen (secondary N) is 1. The predicted molar refractivity (Wildman–Crippen MR) is 134 cm³/mol. The first-order valence-corrected chi connectivity index (χ1v) is 14.9. The van der Waals surface area contributed by atoms with Crippen LogP contribution in [0.15, 0.2) is 24.3 Å². The van der Waals surface area contributed by atoms with Crippen LogP contribution in [0.1, 0.15) is 76.2 Å². The zero-order chi connectivity index (χ0) is 24.8. The molecule has 35 heavy (non-hydrogen) atoms. The topological polar surface area (TPSA) is 58.6 Å². The first kappa shape index (κ1) is 25.4. The minimum Gasteiger partial charge on any atom is -0.378 e. The van der Waals surface area contributed by atoms with Gasteiger partial charge in [-0.15, -0.1) is 0 Å². The highest BCUT2D eigenvalue weighted by Crippen LogP contribution is 2.51. The number of fused-ring (bicyclic) bond motifs is 1. The number of hydrogen-bond acceptors (Lipinski definition) is 4. The van der Waals surface area contributed by atoms with E-state index in [4.69, 9.17) is 4.74 Å². The van der Waals surface area contributed by atoms with Crippen LogP contribution in [-0.4, -0.2) is 56.8 Å². The Hall–Kier alpha value is -1.25. The average molecular weight is 511 g/mol. The molecular weight excluding hydrogens is 470 g/mol. The molecule has 4 atom stereocenters. The van der Waals surface area contributed by atoms with E-state index in [-0.39, 0.29) is 23.7 Å². The van der Waals surface area contributed by atoms with Gasteiger partial charge in [-0.3, -0.25) is 4.72 Å². The molecule has 0 aromatic heterocycles. The molecule has 1 saturated heterocycles. The zero-order valence-electron chi connectivity index (χ0n) is 21.0. The third-order valence-corrected chi connectivity index (χ3v) is 11.1. The van der Waals surface area contributed by atoms with Crippen molar-refractivity contribution in [1.29, 1.82) is 0 Å². The van der Waals surface area contributed by atoms with Crippen LogP contribution >= 0.6 is 0 Å². The number of sulfonamides is 1.